The van der Waals surface area contributed by atoms with Gasteiger partial charge in [-0.15, -0.1) is 23.4 Å². The zero-order valence-corrected chi connectivity index (χ0v) is 11.5. The van der Waals surface area contributed by atoms with E-state index in [0.29, 0.717) is 5.92 Å². The standard InChI is InChI=1S/C13H19ClOS/c1-11(7-9-14)8-10-15-12-5-3-4-6-13(12)16-2/h3-6,11H,7-10H2,1-2H3. The van der Waals surface area contributed by atoms with Gasteiger partial charge in [0.25, 0.3) is 0 Å². The van der Waals surface area contributed by atoms with Gasteiger partial charge in [0.05, 0.1) is 6.61 Å². The Kier molecular flexibility index (Phi) is 6.74. The van der Waals surface area contributed by atoms with E-state index in [0.717, 1.165) is 31.1 Å². The highest BCUT2D eigenvalue weighted by Crippen LogP contribution is 2.27. The summed E-state index contributed by atoms with van der Waals surface area (Å²) in [5.41, 5.74) is 0. The van der Waals surface area contributed by atoms with Crippen LogP contribution < -0.4 is 4.74 Å². The summed E-state index contributed by atoms with van der Waals surface area (Å²) in [5.74, 6) is 2.37. The molecule has 0 radical (unpaired) electrons. The summed E-state index contributed by atoms with van der Waals surface area (Å²) >= 11 is 7.41. The molecule has 0 spiro atoms. The summed E-state index contributed by atoms with van der Waals surface area (Å²) in [4.78, 5) is 1.20. The second-order valence-electron chi connectivity index (χ2n) is 3.87. The molecule has 0 aliphatic carbocycles. The number of alkyl halides is 1. The van der Waals surface area contributed by atoms with Crippen LogP contribution in [0, 0.1) is 5.92 Å². The minimum absolute atomic E-state index is 0.638. The van der Waals surface area contributed by atoms with E-state index in [1.807, 2.05) is 18.2 Å². The molecule has 1 rings (SSSR count). The molecule has 0 aromatic heterocycles. The van der Waals surface area contributed by atoms with Crippen LogP contribution in [0.15, 0.2) is 29.2 Å². The van der Waals surface area contributed by atoms with E-state index in [1.165, 1.54) is 4.90 Å². The third-order valence-electron chi connectivity index (χ3n) is 2.54. The van der Waals surface area contributed by atoms with E-state index in [-0.39, 0.29) is 0 Å². The van der Waals surface area contributed by atoms with Crippen molar-refractivity contribution in [2.24, 2.45) is 5.92 Å². The lowest BCUT2D eigenvalue weighted by Gasteiger charge is -2.12. The molecule has 90 valence electrons. The fourth-order valence-electron chi connectivity index (χ4n) is 1.44. The van der Waals surface area contributed by atoms with Crippen LogP contribution in [0.3, 0.4) is 0 Å². The summed E-state index contributed by atoms with van der Waals surface area (Å²) in [5, 5.41) is 0. The molecule has 0 bridgehead atoms. The molecule has 0 saturated heterocycles. The molecule has 1 aromatic carbocycles. The molecular formula is C13H19ClOS. The molecule has 0 aliphatic rings. The Morgan fingerprint density at radius 3 is 2.75 bits per heavy atom. The largest absolute Gasteiger partial charge is 0.492 e. The molecule has 1 nitrogen and oxygen atoms in total. The van der Waals surface area contributed by atoms with Gasteiger partial charge in [0.2, 0.25) is 0 Å². The third kappa shape index (κ3) is 4.67. The minimum atomic E-state index is 0.638. The number of hydrogen-bond acceptors (Lipinski definition) is 2. The molecule has 0 heterocycles. The predicted molar refractivity (Wildman–Crippen MR) is 72.8 cm³/mol. The first-order valence-electron chi connectivity index (χ1n) is 5.59. The fourth-order valence-corrected chi connectivity index (χ4v) is 2.35. The van der Waals surface area contributed by atoms with Crippen LogP contribution in [0.5, 0.6) is 5.75 Å². The molecular weight excluding hydrogens is 240 g/mol. The predicted octanol–water partition coefficient (Wildman–Crippen LogP) is 4.44. The van der Waals surface area contributed by atoms with E-state index in [9.17, 15) is 0 Å². The van der Waals surface area contributed by atoms with Gasteiger partial charge < -0.3 is 4.74 Å². The van der Waals surface area contributed by atoms with Crippen molar-refractivity contribution in [2.45, 2.75) is 24.7 Å². The van der Waals surface area contributed by atoms with Gasteiger partial charge in [0, 0.05) is 10.8 Å². The van der Waals surface area contributed by atoms with E-state index in [4.69, 9.17) is 16.3 Å². The van der Waals surface area contributed by atoms with Gasteiger partial charge in [0.15, 0.2) is 0 Å². The Balaban J connectivity index is 2.36. The topological polar surface area (TPSA) is 9.23 Å². The van der Waals surface area contributed by atoms with E-state index in [1.54, 1.807) is 11.8 Å². The number of thioether (sulfide) groups is 1. The molecule has 0 N–H and O–H groups in total. The maximum Gasteiger partial charge on any atom is 0.132 e. The summed E-state index contributed by atoms with van der Waals surface area (Å²) in [6.07, 6.45) is 4.20. The first kappa shape index (κ1) is 13.7. The Hall–Kier alpha value is -0.340. The number of para-hydroxylation sites is 1. The summed E-state index contributed by atoms with van der Waals surface area (Å²) in [6, 6.07) is 8.16. The zero-order valence-electron chi connectivity index (χ0n) is 9.91. The minimum Gasteiger partial charge on any atom is -0.492 e. The maximum absolute atomic E-state index is 5.78. The van der Waals surface area contributed by atoms with Crippen molar-refractivity contribution in [1.29, 1.82) is 0 Å². The van der Waals surface area contributed by atoms with Gasteiger partial charge in [-0.2, -0.15) is 0 Å². The lowest BCUT2D eigenvalue weighted by Crippen LogP contribution is -2.05. The van der Waals surface area contributed by atoms with Crippen LogP contribution in [0.4, 0.5) is 0 Å². The molecule has 0 amide bonds. The summed E-state index contributed by atoms with van der Waals surface area (Å²) < 4.78 is 5.78. The van der Waals surface area contributed by atoms with Crippen molar-refractivity contribution in [3.05, 3.63) is 24.3 Å². The van der Waals surface area contributed by atoms with Crippen LogP contribution in [-0.4, -0.2) is 18.7 Å². The van der Waals surface area contributed by atoms with Gasteiger partial charge in [-0.25, -0.2) is 0 Å². The lowest BCUT2D eigenvalue weighted by molar-refractivity contribution is 0.276. The van der Waals surface area contributed by atoms with Crippen molar-refractivity contribution in [3.8, 4) is 5.75 Å². The molecule has 1 unspecified atom stereocenters. The van der Waals surface area contributed by atoms with Crippen molar-refractivity contribution < 1.29 is 4.74 Å². The number of hydrogen-bond donors (Lipinski definition) is 0. The average Bonchev–Trinajstić information content (AvgIpc) is 2.30. The molecule has 1 atom stereocenters. The smallest absolute Gasteiger partial charge is 0.132 e. The Morgan fingerprint density at radius 2 is 2.06 bits per heavy atom. The highest BCUT2D eigenvalue weighted by molar-refractivity contribution is 7.98. The number of ether oxygens (including phenoxy) is 1. The monoisotopic (exact) mass is 258 g/mol. The lowest BCUT2D eigenvalue weighted by atomic mass is 10.1. The number of benzene rings is 1. The van der Waals surface area contributed by atoms with E-state index >= 15 is 0 Å². The van der Waals surface area contributed by atoms with Crippen LogP contribution in [0.1, 0.15) is 19.8 Å². The van der Waals surface area contributed by atoms with Crippen molar-refractivity contribution >= 4 is 23.4 Å². The van der Waals surface area contributed by atoms with Gasteiger partial charge in [-0.3, -0.25) is 0 Å². The number of halogens is 1. The second-order valence-corrected chi connectivity index (χ2v) is 5.10. The fraction of sp³-hybridized carbons (Fsp3) is 0.538. The Morgan fingerprint density at radius 1 is 1.31 bits per heavy atom. The first-order chi connectivity index (χ1) is 7.77. The highest BCUT2D eigenvalue weighted by atomic mass is 35.5. The second kappa shape index (κ2) is 7.86. The Labute approximate surface area is 108 Å². The molecule has 0 fully saturated rings. The molecule has 0 saturated carbocycles. The van der Waals surface area contributed by atoms with Crippen molar-refractivity contribution in [1.82, 2.24) is 0 Å². The summed E-state index contributed by atoms with van der Waals surface area (Å²) in [6.45, 7) is 2.99. The van der Waals surface area contributed by atoms with Gasteiger partial charge in [-0.05, 0) is 37.1 Å². The normalized spacial score (nSPS) is 12.4. The third-order valence-corrected chi connectivity index (χ3v) is 3.53. The van der Waals surface area contributed by atoms with Gasteiger partial charge in [-0.1, -0.05) is 19.1 Å². The number of rotatable bonds is 7. The molecule has 0 aliphatic heterocycles. The quantitative estimate of drug-likeness (QED) is 0.528. The SMILES string of the molecule is CSc1ccccc1OCCC(C)CCCl. The average molecular weight is 259 g/mol. The van der Waals surface area contributed by atoms with Crippen LogP contribution >= 0.6 is 23.4 Å². The molecule has 3 heteroatoms. The molecule has 1 aromatic rings. The van der Waals surface area contributed by atoms with Crippen LogP contribution in [0.25, 0.3) is 0 Å². The maximum atomic E-state index is 5.78. The first-order valence-corrected chi connectivity index (χ1v) is 7.35. The van der Waals surface area contributed by atoms with E-state index < -0.39 is 0 Å². The van der Waals surface area contributed by atoms with Crippen LogP contribution in [0.2, 0.25) is 0 Å². The highest BCUT2D eigenvalue weighted by Gasteiger charge is 2.04. The Bertz CT molecular complexity index is 304. The molecule has 16 heavy (non-hydrogen) atoms. The summed E-state index contributed by atoms with van der Waals surface area (Å²) in [7, 11) is 0. The zero-order chi connectivity index (χ0) is 11.8. The van der Waals surface area contributed by atoms with Crippen LogP contribution in [-0.2, 0) is 0 Å². The van der Waals surface area contributed by atoms with Crippen molar-refractivity contribution in [2.75, 3.05) is 18.7 Å². The van der Waals surface area contributed by atoms with Gasteiger partial charge in [0.1, 0.15) is 5.75 Å². The van der Waals surface area contributed by atoms with Crippen molar-refractivity contribution in [3.63, 3.8) is 0 Å². The van der Waals surface area contributed by atoms with E-state index in [2.05, 4.69) is 19.2 Å². The van der Waals surface area contributed by atoms with Gasteiger partial charge >= 0.3 is 0 Å².